The average Bonchev–Trinajstić information content (AvgIpc) is 2.82. The van der Waals surface area contributed by atoms with E-state index in [1.54, 1.807) is 48.8 Å². The van der Waals surface area contributed by atoms with E-state index in [1.807, 2.05) is 6.07 Å². The van der Waals surface area contributed by atoms with E-state index < -0.39 is 23.4 Å². The van der Waals surface area contributed by atoms with E-state index in [0.717, 1.165) is 5.56 Å². The number of nitrogens with zero attached hydrogens (tertiary/aromatic N) is 3. The van der Waals surface area contributed by atoms with Crippen LogP contribution in [0.2, 0.25) is 0 Å². The van der Waals surface area contributed by atoms with E-state index in [0.29, 0.717) is 22.3 Å². The minimum atomic E-state index is -0.669. The highest BCUT2D eigenvalue weighted by Gasteiger charge is 2.17. The summed E-state index contributed by atoms with van der Waals surface area (Å²) in [5.41, 5.74) is 2.52. The first-order valence-electron chi connectivity index (χ1n) is 9.53. The molecule has 158 valence electrons. The Hall–Kier alpha value is -4.66. The second-order valence-electron chi connectivity index (χ2n) is 6.74. The van der Waals surface area contributed by atoms with Crippen LogP contribution in [-0.4, -0.2) is 33.4 Å². The number of rotatable bonds is 6. The Labute approximate surface area is 181 Å². The van der Waals surface area contributed by atoms with Gasteiger partial charge in [0.05, 0.1) is 21.7 Å². The van der Waals surface area contributed by atoms with E-state index >= 15 is 0 Å². The number of benzene rings is 2. The van der Waals surface area contributed by atoms with Crippen LogP contribution in [0.15, 0.2) is 79.1 Å². The van der Waals surface area contributed by atoms with Crippen LogP contribution in [0.4, 0.5) is 11.4 Å². The maximum Gasteiger partial charge on any atom is 0.339 e. The number of nitro benzene ring substituents is 1. The molecule has 0 unspecified atom stereocenters. The van der Waals surface area contributed by atoms with Crippen LogP contribution in [0, 0.1) is 10.1 Å². The summed E-state index contributed by atoms with van der Waals surface area (Å²) in [6.07, 6.45) is 3.26. The van der Waals surface area contributed by atoms with Gasteiger partial charge in [0.2, 0.25) is 0 Å². The number of non-ortho nitro benzene ring substituents is 1. The van der Waals surface area contributed by atoms with Crippen molar-refractivity contribution in [2.24, 2.45) is 0 Å². The minimum absolute atomic E-state index is 0.0935. The van der Waals surface area contributed by atoms with Crippen LogP contribution < -0.4 is 5.32 Å². The second kappa shape index (κ2) is 9.00. The van der Waals surface area contributed by atoms with Gasteiger partial charge >= 0.3 is 5.97 Å². The molecular weight excluding hydrogens is 412 g/mol. The van der Waals surface area contributed by atoms with E-state index in [2.05, 4.69) is 15.3 Å². The van der Waals surface area contributed by atoms with Crippen LogP contribution in [0.3, 0.4) is 0 Å². The molecule has 9 nitrogen and oxygen atoms in total. The van der Waals surface area contributed by atoms with Gasteiger partial charge in [-0.25, -0.2) is 9.78 Å². The van der Waals surface area contributed by atoms with E-state index in [1.165, 1.54) is 24.3 Å². The SMILES string of the molecule is O=C(COC(=O)c1cc(-c2ccncc2)nc2ccccc12)Nc1ccc([N+](=O)[O-])cc1. The molecule has 0 aliphatic heterocycles. The number of hydrogen-bond donors (Lipinski definition) is 1. The van der Waals surface area contributed by atoms with Gasteiger partial charge in [0.25, 0.3) is 11.6 Å². The van der Waals surface area contributed by atoms with Crippen LogP contribution >= 0.6 is 0 Å². The maximum absolute atomic E-state index is 12.8. The summed E-state index contributed by atoms with van der Waals surface area (Å²) in [5, 5.41) is 13.8. The van der Waals surface area contributed by atoms with Crippen LogP contribution in [0.25, 0.3) is 22.2 Å². The number of aromatic nitrogens is 2. The van der Waals surface area contributed by atoms with Crippen molar-refractivity contribution < 1.29 is 19.2 Å². The fourth-order valence-corrected chi connectivity index (χ4v) is 3.09. The molecule has 2 heterocycles. The van der Waals surface area contributed by atoms with E-state index in [-0.39, 0.29) is 11.3 Å². The zero-order valence-electron chi connectivity index (χ0n) is 16.6. The number of para-hydroxylation sites is 1. The molecule has 2 aromatic carbocycles. The molecule has 0 radical (unpaired) electrons. The summed E-state index contributed by atoms with van der Waals surface area (Å²) in [4.78, 5) is 43.7. The number of nitrogens with one attached hydrogen (secondary N) is 1. The lowest BCUT2D eigenvalue weighted by Gasteiger charge is -2.10. The number of fused-ring (bicyclic) bond motifs is 1. The Balaban J connectivity index is 1.51. The molecule has 32 heavy (non-hydrogen) atoms. The summed E-state index contributed by atoms with van der Waals surface area (Å²) in [6, 6.07) is 17.7. The molecule has 4 aromatic rings. The zero-order valence-corrected chi connectivity index (χ0v) is 16.6. The lowest BCUT2D eigenvalue weighted by atomic mass is 10.0. The third-order valence-corrected chi connectivity index (χ3v) is 4.61. The first-order valence-corrected chi connectivity index (χ1v) is 9.53. The number of ether oxygens (including phenoxy) is 1. The number of pyridine rings is 2. The van der Waals surface area contributed by atoms with Crippen molar-refractivity contribution in [2.75, 3.05) is 11.9 Å². The topological polar surface area (TPSA) is 124 Å². The molecule has 0 aliphatic carbocycles. The van der Waals surface area contributed by atoms with Gasteiger partial charge in [0, 0.05) is 41.2 Å². The summed E-state index contributed by atoms with van der Waals surface area (Å²) in [5.74, 6) is -1.24. The third-order valence-electron chi connectivity index (χ3n) is 4.61. The van der Waals surface area contributed by atoms with Crippen molar-refractivity contribution in [1.82, 2.24) is 9.97 Å². The Kier molecular flexibility index (Phi) is 5.80. The predicted molar refractivity (Wildman–Crippen MR) is 117 cm³/mol. The van der Waals surface area contributed by atoms with Crippen molar-refractivity contribution in [3.63, 3.8) is 0 Å². The smallest absolute Gasteiger partial charge is 0.339 e. The monoisotopic (exact) mass is 428 g/mol. The zero-order chi connectivity index (χ0) is 22.5. The summed E-state index contributed by atoms with van der Waals surface area (Å²) in [7, 11) is 0. The Morgan fingerprint density at radius 3 is 2.44 bits per heavy atom. The maximum atomic E-state index is 12.8. The van der Waals surface area contributed by atoms with Crippen molar-refractivity contribution in [3.05, 3.63) is 94.8 Å². The lowest BCUT2D eigenvalue weighted by Crippen LogP contribution is -2.21. The van der Waals surface area contributed by atoms with Crippen LogP contribution in [0.1, 0.15) is 10.4 Å². The predicted octanol–water partition coefficient (Wildman–Crippen LogP) is 4.00. The minimum Gasteiger partial charge on any atom is -0.452 e. The largest absolute Gasteiger partial charge is 0.452 e. The number of carbonyl (C=O) groups excluding carboxylic acids is 2. The molecule has 4 rings (SSSR count). The summed E-state index contributed by atoms with van der Waals surface area (Å²) < 4.78 is 5.22. The van der Waals surface area contributed by atoms with Crippen molar-refractivity contribution in [3.8, 4) is 11.3 Å². The number of carbonyl (C=O) groups is 2. The number of amides is 1. The third kappa shape index (κ3) is 4.57. The molecule has 0 atom stereocenters. The first kappa shape index (κ1) is 20.6. The first-order chi connectivity index (χ1) is 15.5. The molecule has 1 N–H and O–H groups in total. The molecule has 0 fully saturated rings. The Morgan fingerprint density at radius 2 is 1.72 bits per heavy atom. The molecule has 0 aliphatic rings. The fraction of sp³-hybridized carbons (Fsp3) is 0.0435. The molecule has 2 aromatic heterocycles. The molecule has 9 heteroatoms. The summed E-state index contributed by atoms with van der Waals surface area (Å²) >= 11 is 0. The van der Waals surface area contributed by atoms with E-state index in [9.17, 15) is 19.7 Å². The average molecular weight is 428 g/mol. The van der Waals surface area contributed by atoms with Gasteiger partial charge in [-0.05, 0) is 36.4 Å². The number of anilines is 1. The fourth-order valence-electron chi connectivity index (χ4n) is 3.09. The highest BCUT2D eigenvalue weighted by molar-refractivity contribution is 6.05. The molecule has 0 saturated carbocycles. The highest BCUT2D eigenvalue weighted by Crippen LogP contribution is 2.25. The van der Waals surface area contributed by atoms with Gasteiger partial charge in [-0.1, -0.05) is 18.2 Å². The Morgan fingerprint density at radius 1 is 1.00 bits per heavy atom. The van der Waals surface area contributed by atoms with Crippen LogP contribution in [-0.2, 0) is 9.53 Å². The van der Waals surface area contributed by atoms with Crippen molar-refractivity contribution in [2.45, 2.75) is 0 Å². The van der Waals surface area contributed by atoms with Gasteiger partial charge in [0.1, 0.15) is 0 Å². The van der Waals surface area contributed by atoms with E-state index in [4.69, 9.17) is 4.74 Å². The Bertz CT molecular complexity index is 1310. The van der Waals surface area contributed by atoms with Gasteiger partial charge in [0.15, 0.2) is 6.61 Å². The number of hydrogen-bond acceptors (Lipinski definition) is 7. The molecule has 0 spiro atoms. The quantitative estimate of drug-likeness (QED) is 0.280. The molecule has 0 bridgehead atoms. The van der Waals surface area contributed by atoms with Gasteiger partial charge in [-0.2, -0.15) is 0 Å². The summed E-state index contributed by atoms with van der Waals surface area (Å²) in [6.45, 7) is -0.517. The van der Waals surface area contributed by atoms with Crippen molar-refractivity contribution >= 4 is 34.2 Å². The molecule has 0 saturated heterocycles. The van der Waals surface area contributed by atoms with Gasteiger partial charge in [-0.15, -0.1) is 0 Å². The second-order valence-corrected chi connectivity index (χ2v) is 6.74. The molecule has 1 amide bonds. The molecular formula is C23H16N4O5. The van der Waals surface area contributed by atoms with Gasteiger partial charge in [-0.3, -0.25) is 19.9 Å². The normalized spacial score (nSPS) is 10.5. The highest BCUT2D eigenvalue weighted by atomic mass is 16.6. The van der Waals surface area contributed by atoms with Gasteiger partial charge < -0.3 is 10.1 Å². The van der Waals surface area contributed by atoms with Crippen LogP contribution in [0.5, 0.6) is 0 Å². The number of nitro groups is 1. The lowest BCUT2D eigenvalue weighted by molar-refractivity contribution is -0.384. The number of esters is 1. The van der Waals surface area contributed by atoms with Crippen molar-refractivity contribution in [1.29, 1.82) is 0 Å². The standard InChI is InChI=1S/C23H16N4O5/c28-22(25-16-5-7-17(8-6-16)27(30)31)14-32-23(29)19-13-21(15-9-11-24-12-10-15)26-20-4-2-1-3-18(19)20/h1-13H,14H2,(H,25,28).